The van der Waals surface area contributed by atoms with E-state index < -0.39 is 29.6 Å². The number of nitrogens with one attached hydrogen (secondary N) is 1. The smallest absolute Gasteiger partial charge is 0.341 e. The van der Waals surface area contributed by atoms with E-state index in [0.717, 1.165) is 28.7 Å². The number of hydrogen-bond donors (Lipinski definition) is 2. The summed E-state index contributed by atoms with van der Waals surface area (Å²) in [5.41, 5.74) is 4.15. The van der Waals surface area contributed by atoms with Crippen molar-refractivity contribution in [2.75, 3.05) is 0 Å². The molecule has 2 atom stereocenters. The van der Waals surface area contributed by atoms with E-state index in [1.54, 1.807) is 0 Å². The van der Waals surface area contributed by atoms with Gasteiger partial charge in [-0.05, 0) is 43.7 Å². The molecule has 2 rings (SSSR count). The first-order valence-electron chi connectivity index (χ1n) is 12.4. The van der Waals surface area contributed by atoms with Crippen molar-refractivity contribution in [3.8, 4) is 0 Å². The highest BCUT2D eigenvalue weighted by molar-refractivity contribution is 5.92. The van der Waals surface area contributed by atoms with Crippen molar-refractivity contribution in [1.29, 1.82) is 0 Å². The van der Waals surface area contributed by atoms with Gasteiger partial charge in [-0.2, -0.15) is 5.48 Å². The third-order valence-electron chi connectivity index (χ3n) is 5.63. The molecule has 0 aliphatic rings. The SMILES string of the molecule is Cc1ccc(COC(=O)[CH]C(CC(C)C)(ON[C@@H](C=O)CCC(=O)O)C(=O)OCc2ccc(C)cc2)cc1. The van der Waals surface area contributed by atoms with Gasteiger partial charge in [0.1, 0.15) is 25.9 Å². The second-order valence-electron chi connectivity index (χ2n) is 9.68. The lowest BCUT2D eigenvalue weighted by Crippen LogP contribution is -2.52. The summed E-state index contributed by atoms with van der Waals surface area (Å²) in [7, 11) is 0. The van der Waals surface area contributed by atoms with Crippen LogP contribution >= 0.6 is 0 Å². The molecule has 0 saturated carbocycles. The van der Waals surface area contributed by atoms with Crippen molar-refractivity contribution in [1.82, 2.24) is 5.48 Å². The first-order valence-corrected chi connectivity index (χ1v) is 12.4. The standard InChI is InChI=1S/C29H36NO8/c1-20(2)15-29(38-30-25(17-31)13-14-26(32)33,28(35)37-19-24-11-7-22(4)8-12-24)16-27(34)36-18-23-9-5-21(3)6-10-23/h5-12,16-17,20,25,30H,13-15,18-19H2,1-4H3,(H,32,33)/t25-,29?/m1/s1. The molecule has 1 radical (unpaired) electrons. The highest BCUT2D eigenvalue weighted by Crippen LogP contribution is 2.28. The molecule has 0 aliphatic heterocycles. The molecule has 2 N–H and O–H groups in total. The minimum absolute atomic E-state index is 0.0191. The van der Waals surface area contributed by atoms with Gasteiger partial charge < -0.3 is 19.4 Å². The van der Waals surface area contributed by atoms with Gasteiger partial charge in [-0.25, -0.2) is 4.79 Å². The molecule has 0 saturated heterocycles. The molecule has 0 fully saturated rings. The van der Waals surface area contributed by atoms with Crippen LogP contribution in [0.2, 0.25) is 0 Å². The number of rotatable bonds is 16. The molecule has 0 bridgehead atoms. The van der Waals surface area contributed by atoms with Crippen molar-refractivity contribution in [3.63, 3.8) is 0 Å². The predicted molar refractivity (Wildman–Crippen MR) is 139 cm³/mol. The van der Waals surface area contributed by atoms with Gasteiger partial charge >= 0.3 is 17.9 Å². The number of hydrogen-bond acceptors (Lipinski definition) is 8. The van der Waals surface area contributed by atoms with E-state index in [1.165, 1.54) is 0 Å². The number of benzene rings is 2. The number of aliphatic carboxylic acids is 1. The zero-order valence-corrected chi connectivity index (χ0v) is 22.3. The van der Waals surface area contributed by atoms with Crippen LogP contribution in [-0.4, -0.2) is 40.9 Å². The summed E-state index contributed by atoms with van der Waals surface area (Å²) in [6, 6.07) is 13.8. The molecule has 0 aromatic heterocycles. The summed E-state index contributed by atoms with van der Waals surface area (Å²) >= 11 is 0. The van der Waals surface area contributed by atoms with Crippen LogP contribution in [0.1, 0.15) is 55.4 Å². The van der Waals surface area contributed by atoms with E-state index >= 15 is 0 Å². The first kappa shape index (κ1) is 30.7. The van der Waals surface area contributed by atoms with Crippen LogP contribution in [0.4, 0.5) is 0 Å². The van der Waals surface area contributed by atoms with Gasteiger partial charge in [0, 0.05) is 6.42 Å². The quantitative estimate of drug-likeness (QED) is 0.189. The van der Waals surface area contributed by atoms with Crippen LogP contribution in [0.5, 0.6) is 0 Å². The summed E-state index contributed by atoms with van der Waals surface area (Å²) in [5.74, 6) is -2.89. The number of carbonyl (C=O) groups is 4. The molecule has 1 unspecified atom stereocenters. The van der Waals surface area contributed by atoms with Gasteiger partial charge in [-0.1, -0.05) is 73.5 Å². The lowest BCUT2D eigenvalue weighted by Gasteiger charge is -2.32. The summed E-state index contributed by atoms with van der Waals surface area (Å²) in [6.45, 7) is 7.46. The normalized spacial score (nSPS) is 13.4. The summed E-state index contributed by atoms with van der Waals surface area (Å²) in [4.78, 5) is 54.5. The number of ether oxygens (including phenoxy) is 2. The molecule has 205 valence electrons. The maximum absolute atomic E-state index is 13.4. The average molecular weight is 527 g/mol. The van der Waals surface area contributed by atoms with Gasteiger partial charge in [0.2, 0.25) is 5.60 Å². The Balaban J connectivity index is 2.23. The fraction of sp³-hybridized carbons (Fsp3) is 0.414. The Hall–Kier alpha value is -3.56. The van der Waals surface area contributed by atoms with Crippen molar-refractivity contribution in [3.05, 3.63) is 77.2 Å². The van der Waals surface area contributed by atoms with Crippen LogP contribution in [0.25, 0.3) is 0 Å². The van der Waals surface area contributed by atoms with Crippen LogP contribution in [0.15, 0.2) is 48.5 Å². The van der Waals surface area contributed by atoms with Crippen molar-refractivity contribution < 1.29 is 38.6 Å². The summed E-state index contributed by atoms with van der Waals surface area (Å²) < 4.78 is 10.9. The second-order valence-corrected chi connectivity index (χ2v) is 9.68. The molecule has 2 aromatic rings. The molecule has 38 heavy (non-hydrogen) atoms. The zero-order chi connectivity index (χ0) is 28.1. The molecule has 9 heteroatoms. The molecular weight excluding hydrogens is 490 g/mol. The lowest BCUT2D eigenvalue weighted by atomic mass is 9.89. The fourth-order valence-electron chi connectivity index (χ4n) is 3.56. The van der Waals surface area contributed by atoms with Gasteiger partial charge in [0.15, 0.2) is 0 Å². The molecule has 0 heterocycles. The van der Waals surface area contributed by atoms with Crippen LogP contribution in [0, 0.1) is 26.2 Å². The number of carboxylic acids is 1. The number of esters is 2. The van der Waals surface area contributed by atoms with Gasteiger partial charge in [0.25, 0.3) is 0 Å². The van der Waals surface area contributed by atoms with Crippen molar-refractivity contribution >= 4 is 24.2 Å². The Labute approximate surface area is 223 Å². The maximum Gasteiger partial charge on any atom is 0.341 e. The minimum Gasteiger partial charge on any atom is -0.481 e. The second kappa shape index (κ2) is 15.0. The highest BCUT2D eigenvalue weighted by atomic mass is 16.7. The van der Waals surface area contributed by atoms with Crippen LogP contribution < -0.4 is 5.48 Å². The van der Waals surface area contributed by atoms with Gasteiger partial charge in [-0.3, -0.25) is 14.4 Å². The topological polar surface area (TPSA) is 128 Å². The van der Waals surface area contributed by atoms with E-state index in [1.807, 2.05) is 76.2 Å². The largest absolute Gasteiger partial charge is 0.481 e. The number of carbonyl (C=O) groups excluding carboxylic acids is 3. The van der Waals surface area contributed by atoms with E-state index in [4.69, 9.17) is 19.4 Å². The first-order chi connectivity index (χ1) is 18.0. The van der Waals surface area contributed by atoms with E-state index in [-0.39, 0.29) is 38.4 Å². The maximum atomic E-state index is 13.4. The van der Waals surface area contributed by atoms with E-state index in [0.29, 0.717) is 6.29 Å². The molecule has 0 amide bonds. The van der Waals surface area contributed by atoms with Crippen molar-refractivity contribution in [2.45, 2.75) is 71.8 Å². The summed E-state index contributed by atoms with van der Waals surface area (Å²) in [5, 5.41) is 8.95. The number of carboxylic acid groups (broad SMARTS) is 1. The van der Waals surface area contributed by atoms with E-state index in [2.05, 4.69) is 5.48 Å². The monoisotopic (exact) mass is 526 g/mol. The van der Waals surface area contributed by atoms with Gasteiger partial charge in [-0.15, -0.1) is 0 Å². The Morgan fingerprint density at radius 2 is 1.45 bits per heavy atom. The third-order valence-corrected chi connectivity index (χ3v) is 5.63. The summed E-state index contributed by atoms with van der Waals surface area (Å²) in [6.07, 6.45) is 1.14. The molecule has 0 spiro atoms. The van der Waals surface area contributed by atoms with Gasteiger partial charge in [0.05, 0.1) is 6.04 Å². The fourth-order valence-corrected chi connectivity index (χ4v) is 3.56. The average Bonchev–Trinajstić information content (AvgIpc) is 2.87. The Morgan fingerprint density at radius 3 is 1.92 bits per heavy atom. The molecular formula is C29H36NO8. The molecule has 2 aromatic carbocycles. The predicted octanol–water partition coefficient (Wildman–Crippen LogP) is 4.03. The highest BCUT2D eigenvalue weighted by Gasteiger charge is 2.46. The minimum atomic E-state index is -1.94. The zero-order valence-electron chi connectivity index (χ0n) is 22.3. The number of hydroxylamine groups is 1. The van der Waals surface area contributed by atoms with Crippen LogP contribution in [0.3, 0.4) is 0 Å². The Morgan fingerprint density at radius 1 is 0.921 bits per heavy atom. The van der Waals surface area contributed by atoms with Crippen molar-refractivity contribution in [2.24, 2.45) is 5.92 Å². The number of aryl methyl sites for hydroxylation is 2. The van der Waals surface area contributed by atoms with E-state index in [9.17, 15) is 19.2 Å². The third kappa shape index (κ3) is 10.4. The molecule has 9 nitrogen and oxygen atoms in total. The number of aldehydes is 1. The molecule has 0 aliphatic carbocycles. The lowest BCUT2D eigenvalue weighted by molar-refractivity contribution is -0.188. The Kier molecular flexibility index (Phi) is 12.1. The Bertz CT molecular complexity index is 1060. The van der Waals surface area contributed by atoms with Crippen LogP contribution in [-0.2, 0) is 46.7 Å².